The lowest BCUT2D eigenvalue weighted by molar-refractivity contribution is -0.136. The number of hydrogen-bond donors (Lipinski definition) is 2. The third kappa shape index (κ3) is 4.70. The number of anilines is 2. The predicted molar refractivity (Wildman–Crippen MR) is 157 cm³/mol. The molecular formula is C31H26ClN5O6. The second-order valence-electron chi connectivity index (χ2n) is 10.6. The van der Waals surface area contributed by atoms with Crippen LogP contribution in [0.25, 0.3) is 10.9 Å². The summed E-state index contributed by atoms with van der Waals surface area (Å²) in [6.07, 6.45) is 3.52. The lowest BCUT2D eigenvalue weighted by Gasteiger charge is -2.27. The summed E-state index contributed by atoms with van der Waals surface area (Å²) in [5.41, 5.74) is 2.05. The number of amides is 4. The van der Waals surface area contributed by atoms with Crippen LogP contribution in [0.1, 0.15) is 52.4 Å². The highest BCUT2D eigenvalue weighted by atomic mass is 35.5. The number of piperidine rings is 1. The van der Waals surface area contributed by atoms with Crippen LogP contribution in [-0.4, -0.2) is 57.6 Å². The van der Waals surface area contributed by atoms with Crippen LogP contribution in [0.5, 0.6) is 11.5 Å². The number of nitrogens with zero attached hydrogens (tertiary/aromatic N) is 3. The van der Waals surface area contributed by atoms with Crippen molar-refractivity contribution >= 4 is 57.5 Å². The second kappa shape index (κ2) is 10.8. The molecule has 7 rings (SSSR count). The Morgan fingerprint density at radius 2 is 1.74 bits per heavy atom. The third-order valence-electron chi connectivity index (χ3n) is 8.06. The molecule has 3 aliphatic heterocycles. The summed E-state index contributed by atoms with van der Waals surface area (Å²) < 4.78 is 13.8. The summed E-state index contributed by atoms with van der Waals surface area (Å²) in [6.45, 7) is 1.31. The lowest BCUT2D eigenvalue weighted by atomic mass is 10.0. The molecule has 1 aromatic heterocycles. The molecule has 3 aromatic carbocycles. The first-order valence-electron chi connectivity index (χ1n) is 14.0. The van der Waals surface area contributed by atoms with E-state index >= 15 is 0 Å². The molecule has 2 fully saturated rings. The summed E-state index contributed by atoms with van der Waals surface area (Å²) in [4.78, 5) is 52.4. The second-order valence-corrected chi connectivity index (χ2v) is 11.0. The van der Waals surface area contributed by atoms with Gasteiger partial charge in [0.2, 0.25) is 11.8 Å². The average Bonchev–Trinajstić information content (AvgIpc) is 3.55. The number of carbonyl (C=O) groups is 4. The third-order valence-corrected chi connectivity index (χ3v) is 8.38. The van der Waals surface area contributed by atoms with Crippen molar-refractivity contribution < 1.29 is 28.7 Å². The number of ether oxygens (including phenoxy) is 2. The van der Waals surface area contributed by atoms with Gasteiger partial charge in [-0.25, -0.2) is 0 Å². The van der Waals surface area contributed by atoms with Crippen LogP contribution >= 0.6 is 11.6 Å². The molecule has 0 saturated carbocycles. The maximum atomic E-state index is 13.8. The number of nitrogens with one attached hydrogen (secondary N) is 2. The van der Waals surface area contributed by atoms with Crippen molar-refractivity contribution in [2.75, 3.05) is 18.5 Å². The van der Waals surface area contributed by atoms with Crippen LogP contribution in [0, 0.1) is 0 Å². The molecule has 1 atom stereocenters. The first kappa shape index (κ1) is 27.1. The standard InChI is InChI=1S/C31H26ClN5O6/c32-20-5-1-2-7-24(20)43-25-10-8-22-19(16-33-37(22)17-12-14-42-15-13-17)28(25)34-21-6-3-4-18-27(21)31(41)36(30(18)40)23-9-11-26(38)35-29(23)39/h1-8,10,16-17,23,34H,9,11-15H2,(H,35,38,39). The molecule has 218 valence electrons. The van der Waals surface area contributed by atoms with E-state index in [-0.39, 0.29) is 30.0 Å². The van der Waals surface area contributed by atoms with E-state index in [4.69, 9.17) is 26.2 Å². The smallest absolute Gasteiger partial charge is 0.264 e. The summed E-state index contributed by atoms with van der Waals surface area (Å²) in [6, 6.07) is 14.9. The maximum Gasteiger partial charge on any atom is 0.264 e. The van der Waals surface area contributed by atoms with E-state index in [2.05, 4.69) is 10.6 Å². The number of rotatable bonds is 6. The molecule has 1 unspecified atom stereocenters. The molecule has 12 heteroatoms. The SMILES string of the molecule is O=C1CCC(N2C(=O)c3cccc(Nc4c(Oc5ccccc5Cl)ccc5c4cnn5C4CCOCC4)c3C2=O)C(=O)N1. The van der Waals surface area contributed by atoms with Crippen LogP contribution in [0.3, 0.4) is 0 Å². The van der Waals surface area contributed by atoms with Gasteiger partial charge in [-0.15, -0.1) is 0 Å². The molecule has 0 bridgehead atoms. The summed E-state index contributed by atoms with van der Waals surface area (Å²) in [5.74, 6) is -1.42. The average molecular weight is 600 g/mol. The number of benzene rings is 3. The van der Waals surface area contributed by atoms with Crippen molar-refractivity contribution in [2.24, 2.45) is 0 Å². The maximum absolute atomic E-state index is 13.8. The number of fused-ring (bicyclic) bond motifs is 2. The van der Waals surface area contributed by atoms with Crippen molar-refractivity contribution in [1.29, 1.82) is 0 Å². The first-order chi connectivity index (χ1) is 20.9. The van der Waals surface area contributed by atoms with Gasteiger partial charge in [0.05, 0.1) is 45.3 Å². The largest absolute Gasteiger partial charge is 0.454 e. The molecule has 4 heterocycles. The minimum absolute atomic E-state index is 0.0385. The summed E-state index contributed by atoms with van der Waals surface area (Å²) in [7, 11) is 0. The van der Waals surface area contributed by atoms with E-state index < -0.39 is 29.7 Å². The number of aromatic nitrogens is 2. The Hall–Kier alpha value is -4.74. The Morgan fingerprint density at radius 1 is 0.930 bits per heavy atom. The minimum atomic E-state index is -1.07. The van der Waals surface area contributed by atoms with Gasteiger partial charge in [0, 0.05) is 25.0 Å². The molecule has 43 heavy (non-hydrogen) atoms. The predicted octanol–water partition coefficient (Wildman–Crippen LogP) is 4.98. The molecule has 3 aliphatic rings. The highest BCUT2D eigenvalue weighted by Crippen LogP contribution is 2.42. The fourth-order valence-electron chi connectivity index (χ4n) is 5.94. The van der Waals surface area contributed by atoms with Crippen LogP contribution in [0.4, 0.5) is 11.4 Å². The molecule has 0 spiro atoms. The fourth-order valence-corrected chi connectivity index (χ4v) is 6.11. The zero-order valence-corrected chi connectivity index (χ0v) is 23.6. The molecule has 4 amide bonds. The zero-order chi connectivity index (χ0) is 29.7. The van der Waals surface area contributed by atoms with E-state index in [0.717, 1.165) is 28.6 Å². The minimum Gasteiger partial charge on any atom is -0.454 e. The highest BCUT2D eigenvalue weighted by Gasteiger charge is 2.45. The van der Waals surface area contributed by atoms with Gasteiger partial charge >= 0.3 is 0 Å². The van der Waals surface area contributed by atoms with E-state index in [1.807, 2.05) is 22.9 Å². The Labute approximate surface area is 250 Å². The van der Waals surface area contributed by atoms with Crippen molar-refractivity contribution in [3.8, 4) is 11.5 Å². The van der Waals surface area contributed by atoms with Crippen LogP contribution in [0.2, 0.25) is 5.02 Å². The topological polar surface area (TPSA) is 132 Å². The van der Waals surface area contributed by atoms with Gasteiger partial charge in [-0.3, -0.25) is 34.1 Å². The normalized spacial score (nSPS) is 19.1. The Morgan fingerprint density at radius 3 is 2.53 bits per heavy atom. The first-order valence-corrected chi connectivity index (χ1v) is 14.4. The lowest BCUT2D eigenvalue weighted by Crippen LogP contribution is -2.54. The monoisotopic (exact) mass is 599 g/mol. The number of carbonyl (C=O) groups excluding carboxylic acids is 4. The molecule has 2 saturated heterocycles. The van der Waals surface area contributed by atoms with Gasteiger partial charge in [0.15, 0.2) is 5.75 Å². The zero-order valence-electron chi connectivity index (χ0n) is 22.8. The number of hydrogen-bond acceptors (Lipinski definition) is 8. The van der Waals surface area contributed by atoms with Crippen molar-refractivity contribution in [2.45, 2.75) is 37.8 Å². The fraction of sp³-hybridized carbons (Fsp3) is 0.258. The molecule has 4 aromatic rings. The van der Waals surface area contributed by atoms with Gasteiger partial charge in [-0.2, -0.15) is 5.10 Å². The van der Waals surface area contributed by atoms with Crippen molar-refractivity contribution in [3.63, 3.8) is 0 Å². The highest BCUT2D eigenvalue weighted by molar-refractivity contribution is 6.32. The van der Waals surface area contributed by atoms with E-state index in [1.54, 1.807) is 42.6 Å². The number of imide groups is 2. The number of halogens is 1. The molecule has 0 radical (unpaired) electrons. The quantitative estimate of drug-likeness (QED) is 0.297. The Kier molecular flexibility index (Phi) is 6.83. The Bertz CT molecular complexity index is 1810. The van der Waals surface area contributed by atoms with E-state index in [0.29, 0.717) is 41.1 Å². The van der Waals surface area contributed by atoms with Gasteiger partial charge in [0.25, 0.3) is 11.8 Å². The van der Waals surface area contributed by atoms with Crippen LogP contribution in [-0.2, 0) is 14.3 Å². The van der Waals surface area contributed by atoms with Crippen LogP contribution in [0.15, 0.2) is 60.8 Å². The molecular weight excluding hydrogens is 574 g/mol. The van der Waals surface area contributed by atoms with Gasteiger partial charge < -0.3 is 14.8 Å². The molecule has 11 nitrogen and oxygen atoms in total. The van der Waals surface area contributed by atoms with E-state index in [1.165, 1.54) is 0 Å². The van der Waals surface area contributed by atoms with Crippen LogP contribution < -0.4 is 15.4 Å². The summed E-state index contributed by atoms with van der Waals surface area (Å²) in [5, 5.41) is 11.5. The van der Waals surface area contributed by atoms with E-state index in [9.17, 15) is 19.2 Å². The summed E-state index contributed by atoms with van der Waals surface area (Å²) >= 11 is 6.42. The number of para-hydroxylation sites is 1. The Balaban J connectivity index is 1.31. The van der Waals surface area contributed by atoms with Gasteiger partial charge in [-0.05, 0) is 55.7 Å². The van der Waals surface area contributed by atoms with Gasteiger partial charge in [0.1, 0.15) is 11.8 Å². The molecule has 2 N–H and O–H groups in total. The molecule has 0 aliphatic carbocycles. The van der Waals surface area contributed by atoms with Gasteiger partial charge in [-0.1, -0.05) is 29.8 Å². The van der Waals surface area contributed by atoms with Crippen molar-refractivity contribution in [1.82, 2.24) is 20.0 Å². The van der Waals surface area contributed by atoms with Crippen molar-refractivity contribution in [3.05, 3.63) is 76.9 Å².